The SMILES string of the molecule is COc1ccc(S(N)(=O)=O)cc1C(=O)Nc1cccc(Cl)c1. The van der Waals surface area contributed by atoms with E-state index in [9.17, 15) is 13.2 Å². The number of carbonyl (C=O) groups excluding carboxylic acids is 1. The molecule has 0 radical (unpaired) electrons. The number of nitrogens with one attached hydrogen (secondary N) is 1. The molecular formula is C14H13ClN2O4S. The van der Waals surface area contributed by atoms with Crippen LogP contribution in [-0.4, -0.2) is 21.4 Å². The fourth-order valence-electron chi connectivity index (χ4n) is 1.81. The fourth-order valence-corrected chi connectivity index (χ4v) is 2.54. The third-order valence-corrected chi connectivity index (χ3v) is 3.97. The Morgan fingerprint density at radius 1 is 1.23 bits per heavy atom. The van der Waals surface area contributed by atoms with Crippen LogP contribution in [0, 0.1) is 0 Å². The molecule has 3 N–H and O–H groups in total. The lowest BCUT2D eigenvalue weighted by Crippen LogP contribution is -2.16. The van der Waals surface area contributed by atoms with Crippen LogP contribution in [0.15, 0.2) is 47.4 Å². The molecule has 0 fully saturated rings. The van der Waals surface area contributed by atoms with E-state index >= 15 is 0 Å². The van der Waals surface area contributed by atoms with Gasteiger partial charge in [-0.05, 0) is 36.4 Å². The fraction of sp³-hybridized carbons (Fsp3) is 0.0714. The van der Waals surface area contributed by atoms with Crippen molar-refractivity contribution >= 4 is 33.2 Å². The topological polar surface area (TPSA) is 98.5 Å². The summed E-state index contributed by atoms with van der Waals surface area (Å²) >= 11 is 5.85. The third kappa shape index (κ3) is 3.76. The number of amides is 1. The van der Waals surface area contributed by atoms with Gasteiger partial charge in [0.2, 0.25) is 10.0 Å². The van der Waals surface area contributed by atoms with Crippen LogP contribution in [0.5, 0.6) is 5.75 Å². The Balaban J connectivity index is 2.39. The minimum Gasteiger partial charge on any atom is -0.496 e. The van der Waals surface area contributed by atoms with Gasteiger partial charge in [-0.25, -0.2) is 13.6 Å². The molecule has 0 saturated heterocycles. The number of nitrogens with two attached hydrogens (primary N) is 1. The van der Waals surface area contributed by atoms with E-state index in [0.717, 1.165) is 6.07 Å². The van der Waals surface area contributed by atoms with Crippen LogP contribution in [0.1, 0.15) is 10.4 Å². The van der Waals surface area contributed by atoms with E-state index in [4.69, 9.17) is 21.5 Å². The smallest absolute Gasteiger partial charge is 0.259 e. The second kappa shape index (κ2) is 6.35. The van der Waals surface area contributed by atoms with E-state index in [1.807, 2.05) is 0 Å². The van der Waals surface area contributed by atoms with Crippen LogP contribution < -0.4 is 15.2 Å². The Hall–Kier alpha value is -2.09. The normalized spacial score (nSPS) is 11.0. The van der Waals surface area contributed by atoms with E-state index in [1.165, 1.54) is 19.2 Å². The van der Waals surface area contributed by atoms with Crippen molar-refractivity contribution in [2.24, 2.45) is 5.14 Å². The minimum atomic E-state index is -3.92. The Morgan fingerprint density at radius 2 is 1.95 bits per heavy atom. The molecule has 0 unspecified atom stereocenters. The first-order valence-electron chi connectivity index (χ1n) is 6.09. The lowest BCUT2D eigenvalue weighted by molar-refractivity contribution is 0.102. The highest BCUT2D eigenvalue weighted by Crippen LogP contribution is 2.24. The minimum absolute atomic E-state index is 0.0500. The molecule has 0 aliphatic carbocycles. The monoisotopic (exact) mass is 340 g/mol. The maximum Gasteiger partial charge on any atom is 0.259 e. The average Bonchev–Trinajstić information content (AvgIpc) is 2.45. The number of methoxy groups -OCH3 is 1. The highest BCUT2D eigenvalue weighted by molar-refractivity contribution is 7.89. The van der Waals surface area contributed by atoms with Crippen molar-refractivity contribution in [3.8, 4) is 5.75 Å². The zero-order chi connectivity index (χ0) is 16.3. The molecule has 6 nitrogen and oxygen atoms in total. The molecule has 0 saturated carbocycles. The summed E-state index contributed by atoms with van der Waals surface area (Å²) < 4.78 is 27.9. The summed E-state index contributed by atoms with van der Waals surface area (Å²) in [7, 11) is -2.54. The summed E-state index contributed by atoms with van der Waals surface area (Å²) in [6, 6.07) is 10.4. The van der Waals surface area contributed by atoms with Gasteiger partial charge in [-0.1, -0.05) is 17.7 Å². The quantitative estimate of drug-likeness (QED) is 0.891. The summed E-state index contributed by atoms with van der Waals surface area (Å²) in [5, 5.41) is 8.15. The van der Waals surface area contributed by atoms with Crippen molar-refractivity contribution in [2.75, 3.05) is 12.4 Å². The predicted octanol–water partition coefficient (Wildman–Crippen LogP) is 2.25. The molecule has 1 amide bonds. The lowest BCUT2D eigenvalue weighted by Gasteiger charge is -2.11. The number of benzene rings is 2. The Labute approximate surface area is 132 Å². The molecule has 0 bridgehead atoms. The molecule has 2 rings (SSSR count). The van der Waals surface area contributed by atoms with Crippen LogP contribution in [0.4, 0.5) is 5.69 Å². The van der Waals surface area contributed by atoms with Crippen molar-refractivity contribution in [1.29, 1.82) is 0 Å². The van der Waals surface area contributed by atoms with Gasteiger partial charge < -0.3 is 10.1 Å². The molecule has 0 aliphatic rings. The second-order valence-electron chi connectivity index (χ2n) is 4.37. The van der Waals surface area contributed by atoms with Gasteiger partial charge in [-0.2, -0.15) is 0 Å². The highest BCUT2D eigenvalue weighted by Gasteiger charge is 2.17. The standard InChI is InChI=1S/C14H13ClN2O4S/c1-21-13-6-5-11(22(16,19)20)8-12(13)14(18)17-10-4-2-3-9(15)7-10/h2-8H,1H3,(H,17,18)(H2,16,19,20). The maximum atomic E-state index is 12.3. The van der Waals surface area contributed by atoms with Crippen molar-refractivity contribution < 1.29 is 17.9 Å². The number of hydrogen-bond donors (Lipinski definition) is 2. The number of anilines is 1. The Bertz CT molecular complexity index is 821. The Kier molecular flexibility index (Phi) is 4.70. The lowest BCUT2D eigenvalue weighted by atomic mass is 10.2. The number of rotatable bonds is 4. The van der Waals surface area contributed by atoms with Gasteiger partial charge >= 0.3 is 0 Å². The molecule has 2 aromatic carbocycles. The molecular weight excluding hydrogens is 328 g/mol. The molecule has 0 aromatic heterocycles. The zero-order valence-corrected chi connectivity index (χ0v) is 13.1. The van der Waals surface area contributed by atoms with E-state index in [-0.39, 0.29) is 16.2 Å². The van der Waals surface area contributed by atoms with Gasteiger partial charge in [0.25, 0.3) is 5.91 Å². The number of hydrogen-bond acceptors (Lipinski definition) is 4. The summed E-state index contributed by atoms with van der Waals surface area (Å²) in [5.74, 6) is -0.309. The van der Waals surface area contributed by atoms with Crippen molar-refractivity contribution in [3.63, 3.8) is 0 Å². The van der Waals surface area contributed by atoms with Gasteiger partial charge in [-0.15, -0.1) is 0 Å². The predicted molar refractivity (Wildman–Crippen MR) is 83.8 cm³/mol. The summed E-state index contributed by atoms with van der Waals surface area (Å²) in [5.41, 5.74) is 0.523. The van der Waals surface area contributed by atoms with E-state index in [1.54, 1.807) is 24.3 Å². The summed E-state index contributed by atoms with van der Waals surface area (Å²) in [4.78, 5) is 12.1. The average molecular weight is 341 g/mol. The van der Waals surface area contributed by atoms with Crippen LogP contribution in [0.3, 0.4) is 0 Å². The van der Waals surface area contributed by atoms with Crippen LogP contribution in [-0.2, 0) is 10.0 Å². The number of halogens is 1. The van der Waals surface area contributed by atoms with Crippen molar-refractivity contribution in [1.82, 2.24) is 0 Å². The van der Waals surface area contributed by atoms with E-state index in [2.05, 4.69) is 5.32 Å². The molecule has 2 aromatic rings. The summed E-state index contributed by atoms with van der Waals surface area (Å²) in [6.07, 6.45) is 0. The number of sulfonamides is 1. The number of carbonyl (C=O) groups is 1. The Morgan fingerprint density at radius 3 is 2.55 bits per heavy atom. The second-order valence-corrected chi connectivity index (χ2v) is 6.37. The van der Waals surface area contributed by atoms with Gasteiger partial charge in [0.1, 0.15) is 5.75 Å². The largest absolute Gasteiger partial charge is 0.496 e. The van der Waals surface area contributed by atoms with Gasteiger partial charge in [-0.3, -0.25) is 4.79 Å². The highest BCUT2D eigenvalue weighted by atomic mass is 35.5. The molecule has 0 atom stereocenters. The van der Waals surface area contributed by atoms with Gasteiger partial charge in [0.05, 0.1) is 17.6 Å². The molecule has 8 heteroatoms. The zero-order valence-electron chi connectivity index (χ0n) is 11.5. The third-order valence-electron chi connectivity index (χ3n) is 2.83. The first-order valence-corrected chi connectivity index (χ1v) is 8.01. The maximum absolute atomic E-state index is 12.3. The number of ether oxygens (including phenoxy) is 1. The van der Waals surface area contributed by atoms with Crippen LogP contribution in [0.2, 0.25) is 5.02 Å². The van der Waals surface area contributed by atoms with Gasteiger partial charge in [0.15, 0.2) is 0 Å². The number of primary sulfonamides is 1. The molecule has 0 aliphatic heterocycles. The molecule has 116 valence electrons. The first kappa shape index (κ1) is 16.3. The van der Waals surface area contributed by atoms with Crippen molar-refractivity contribution in [3.05, 3.63) is 53.1 Å². The first-order chi connectivity index (χ1) is 10.3. The van der Waals surface area contributed by atoms with Crippen LogP contribution >= 0.6 is 11.6 Å². The van der Waals surface area contributed by atoms with Gasteiger partial charge in [0, 0.05) is 10.7 Å². The molecule has 0 spiro atoms. The molecule has 22 heavy (non-hydrogen) atoms. The van der Waals surface area contributed by atoms with Crippen LogP contribution in [0.25, 0.3) is 0 Å². The molecule has 0 heterocycles. The van der Waals surface area contributed by atoms with E-state index in [0.29, 0.717) is 10.7 Å². The van der Waals surface area contributed by atoms with Crippen molar-refractivity contribution in [2.45, 2.75) is 4.90 Å². The van der Waals surface area contributed by atoms with E-state index < -0.39 is 15.9 Å². The summed E-state index contributed by atoms with van der Waals surface area (Å²) in [6.45, 7) is 0.